The van der Waals surface area contributed by atoms with Crippen LogP contribution in [-0.4, -0.2) is 58.1 Å². The number of carbonyl (C=O) groups is 1. The van der Waals surface area contributed by atoms with Crippen LogP contribution in [0.2, 0.25) is 0 Å². The Morgan fingerprint density at radius 2 is 1.90 bits per heavy atom. The highest BCUT2D eigenvalue weighted by atomic mass is 19.1. The number of aromatic nitrogens is 3. The molecule has 1 saturated heterocycles. The van der Waals surface area contributed by atoms with E-state index in [1.807, 2.05) is 35.9 Å². The number of halogens is 1. The number of fused-ring (bicyclic) bond motifs is 1. The molecule has 1 fully saturated rings. The molecule has 0 bridgehead atoms. The highest BCUT2D eigenvalue weighted by Gasteiger charge is 2.14. The molecule has 0 atom stereocenters. The first-order valence-corrected chi connectivity index (χ1v) is 13.8. The predicted molar refractivity (Wildman–Crippen MR) is 154 cm³/mol. The van der Waals surface area contributed by atoms with Crippen LogP contribution in [-0.2, 0) is 23.0 Å². The zero-order valence-corrected chi connectivity index (χ0v) is 23.3. The molecule has 2 aromatic heterocycles. The molecule has 0 spiro atoms. The van der Waals surface area contributed by atoms with E-state index in [1.54, 1.807) is 24.4 Å². The highest BCUT2D eigenvalue weighted by Crippen LogP contribution is 2.30. The minimum atomic E-state index is -0.329. The number of carbonyl (C=O) groups excluding carboxylic acids is 1. The van der Waals surface area contributed by atoms with E-state index in [0.29, 0.717) is 40.8 Å². The van der Waals surface area contributed by atoms with Crippen LogP contribution in [0.15, 0.2) is 54.7 Å². The summed E-state index contributed by atoms with van der Waals surface area (Å²) in [6.07, 6.45) is 3.31. The number of benzene rings is 2. The Morgan fingerprint density at radius 3 is 2.70 bits per heavy atom. The summed E-state index contributed by atoms with van der Waals surface area (Å²) in [5.41, 5.74) is 3.72. The molecule has 210 valence electrons. The second kappa shape index (κ2) is 12.6. The van der Waals surface area contributed by atoms with Gasteiger partial charge in [-0.2, -0.15) is 0 Å². The average Bonchev–Trinajstić information content (AvgIpc) is 3.24. The Kier molecular flexibility index (Phi) is 8.72. The van der Waals surface area contributed by atoms with E-state index in [1.165, 1.54) is 6.07 Å². The third-order valence-corrected chi connectivity index (χ3v) is 7.19. The summed E-state index contributed by atoms with van der Waals surface area (Å²) in [7, 11) is 1.88. The SMILES string of the molecule is CC(C)c1ccc(F)c(Nc2nc3cc(Oc4ccnc(CC(=O)CCCN5CCOCC5)c4)ccc3n2C)c1. The van der Waals surface area contributed by atoms with Crippen LogP contribution in [0.5, 0.6) is 11.5 Å². The van der Waals surface area contributed by atoms with Gasteiger partial charge in [-0.05, 0) is 54.8 Å². The zero-order valence-electron chi connectivity index (χ0n) is 23.3. The topological polar surface area (TPSA) is 81.5 Å². The molecule has 1 aliphatic heterocycles. The van der Waals surface area contributed by atoms with Crippen molar-refractivity contribution in [2.24, 2.45) is 7.05 Å². The lowest BCUT2D eigenvalue weighted by atomic mass is 10.0. The van der Waals surface area contributed by atoms with Gasteiger partial charge < -0.3 is 19.4 Å². The maximum Gasteiger partial charge on any atom is 0.208 e. The number of hydrogen-bond donors (Lipinski definition) is 1. The molecule has 8 nitrogen and oxygen atoms in total. The van der Waals surface area contributed by atoms with Crippen LogP contribution in [0, 0.1) is 5.82 Å². The number of nitrogens with one attached hydrogen (secondary N) is 1. The number of aryl methyl sites for hydroxylation is 1. The van der Waals surface area contributed by atoms with Gasteiger partial charge in [0.2, 0.25) is 5.95 Å². The van der Waals surface area contributed by atoms with Gasteiger partial charge in [0.05, 0.1) is 35.6 Å². The Hall–Kier alpha value is -3.82. The van der Waals surface area contributed by atoms with Gasteiger partial charge in [-0.25, -0.2) is 9.37 Å². The van der Waals surface area contributed by atoms with Crippen molar-refractivity contribution in [2.45, 2.75) is 39.0 Å². The standard InChI is InChI=1S/C31H36FN5O3/c1-21(2)22-6-8-27(32)28(17-22)34-31-35-29-20-25(7-9-30(29)36(31)3)40-26-10-11-33-23(19-26)18-24(38)5-4-12-37-13-15-39-16-14-37/h6-11,17,19-21H,4-5,12-16,18H2,1-3H3,(H,34,35). The molecule has 40 heavy (non-hydrogen) atoms. The number of anilines is 2. The van der Waals surface area contributed by atoms with Crippen molar-refractivity contribution in [3.63, 3.8) is 0 Å². The lowest BCUT2D eigenvalue weighted by Gasteiger charge is -2.26. The van der Waals surface area contributed by atoms with Gasteiger partial charge in [-0.1, -0.05) is 19.9 Å². The lowest BCUT2D eigenvalue weighted by molar-refractivity contribution is -0.118. The minimum absolute atomic E-state index is 0.170. The summed E-state index contributed by atoms with van der Waals surface area (Å²) in [6.45, 7) is 8.46. The van der Waals surface area contributed by atoms with Gasteiger partial charge >= 0.3 is 0 Å². The molecule has 0 amide bonds. The minimum Gasteiger partial charge on any atom is -0.457 e. The molecule has 1 aliphatic rings. The Bertz CT molecular complexity index is 1480. The smallest absolute Gasteiger partial charge is 0.208 e. The predicted octanol–water partition coefficient (Wildman–Crippen LogP) is 5.99. The third kappa shape index (κ3) is 6.84. The van der Waals surface area contributed by atoms with E-state index in [2.05, 4.69) is 34.0 Å². The summed E-state index contributed by atoms with van der Waals surface area (Å²) < 4.78 is 27.9. The van der Waals surface area contributed by atoms with Crippen LogP contribution in [0.4, 0.5) is 16.0 Å². The van der Waals surface area contributed by atoms with Gasteiger partial charge in [-0.15, -0.1) is 0 Å². The van der Waals surface area contributed by atoms with E-state index in [0.717, 1.165) is 50.3 Å². The molecule has 1 N–H and O–H groups in total. The number of ether oxygens (including phenoxy) is 2. The van der Waals surface area contributed by atoms with Crippen molar-refractivity contribution < 1.29 is 18.7 Å². The second-order valence-electron chi connectivity index (χ2n) is 10.5. The number of pyridine rings is 1. The zero-order chi connectivity index (χ0) is 28.1. The van der Waals surface area contributed by atoms with Crippen LogP contribution in [0.3, 0.4) is 0 Å². The molecule has 0 aliphatic carbocycles. The van der Waals surface area contributed by atoms with Gasteiger partial charge in [-0.3, -0.25) is 14.7 Å². The first-order valence-electron chi connectivity index (χ1n) is 13.8. The van der Waals surface area contributed by atoms with E-state index in [-0.39, 0.29) is 23.9 Å². The molecular formula is C31H36FN5O3. The lowest BCUT2D eigenvalue weighted by Crippen LogP contribution is -2.37. The number of Topliss-reactive ketones (excluding diaryl/α,β-unsaturated/α-hetero) is 1. The first-order chi connectivity index (χ1) is 19.4. The fourth-order valence-electron chi connectivity index (χ4n) is 4.84. The van der Waals surface area contributed by atoms with Crippen LogP contribution < -0.4 is 10.1 Å². The summed E-state index contributed by atoms with van der Waals surface area (Å²) in [6, 6.07) is 14.3. The Labute approximate surface area is 234 Å². The second-order valence-corrected chi connectivity index (χ2v) is 10.5. The molecule has 4 aromatic rings. The van der Waals surface area contributed by atoms with Crippen LogP contribution in [0.25, 0.3) is 11.0 Å². The molecule has 2 aromatic carbocycles. The van der Waals surface area contributed by atoms with Crippen molar-refractivity contribution >= 4 is 28.5 Å². The molecule has 5 rings (SSSR count). The van der Waals surface area contributed by atoms with E-state index in [9.17, 15) is 9.18 Å². The van der Waals surface area contributed by atoms with Gasteiger partial charge in [0.1, 0.15) is 23.1 Å². The molecule has 0 unspecified atom stereocenters. The Morgan fingerprint density at radius 1 is 1.10 bits per heavy atom. The number of ketones is 1. The van der Waals surface area contributed by atoms with E-state index in [4.69, 9.17) is 9.47 Å². The summed E-state index contributed by atoms with van der Waals surface area (Å²) >= 11 is 0. The number of nitrogens with zero attached hydrogens (tertiary/aromatic N) is 4. The van der Waals surface area contributed by atoms with Gasteiger partial charge in [0.25, 0.3) is 0 Å². The fourth-order valence-corrected chi connectivity index (χ4v) is 4.84. The van der Waals surface area contributed by atoms with Crippen molar-refractivity contribution in [3.8, 4) is 11.5 Å². The summed E-state index contributed by atoms with van der Waals surface area (Å²) in [4.78, 5) is 23.9. The quantitative estimate of drug-likeness (QED) is 0.248. The maximum atomic E-state index is 14.5. The number of hydrogen-bond acceptors (Lipinski definition) is 7. The molecule has 3 heterocycles. The molecular weight excluding hydrogens is 509 g/mol. The van der Waals surface area contributed by atoms with Crippen LogP contribution >= 0.6 is 0 Å². The average molecular weight is 546 g/mol. The first kappa shape index (κ1) is 27.7. The molecule has 0 saturated carbocycles. The Balaban J connectivity index is 1.22. The molecule has 9 heteroatoms. The van der Waals surface area contributed by atoms with E-state index < -0.39 is 0 Å². The van der Waals surface area contributed by atoms with Gasteiger partial charge in [0, 0.05) is 51.3 Å². The summed E-state index contributed by atoms with van der Waals surface area (Å²) in [5, 5.41) is 3.14. The number of rotatable bonds is 11. The fraction of sp³-hybridized carbons (Fsp3) is 0.387. The van der Waals surface area contributed by atoms with Crippen molar-refractivity contribution in [1.82, 2.24) is 19.4 Å². The maximum absolute atomic E-state index is 14.5. The van der Waals surface area contributed by atoms with E-state index >= 15 is 0 Å². The largest absolute Gasteiger partial charge is 0.457 e. The van der Waals surface area contributed by atoms with Gasteiger partial charge in [0.15, 0.2) is 0 Å². The van der Waals surface area contributed by atoms with Crippen molar-refractivity contribution in [1.29, 1.82) is 0 Å². The number of morpholine rings is 1. The highest BCUT2D eigenvalue weighted by molar-refractivity contribution is 5.81. The van der Waals surface area contributed by atoms with Crippen molar-refractivity contribution in [3.05, 3.63) is 71.8 Å². The summed E-state index contributed by atoms with van der Waals surface area (Å²) in [5.74, 6) is 1.87. The van der Waals surface area contributed by atoms with Crippen molar-refractivity contribution in [2.75, 3.05) is 38.2 Å². The third-order valence-electron chi connectivity index (χ3n) is 7.19. The number of imidazole rings is 1. The normalized spacial score (nSPS) is 14.1. The molecule has 0 radical (unpaired) electrons. The van der Waals surface area contributed by atoms with Crippen LogP contribution in [0.1, 0.15) is 43.9 Å². The monoisotopic (exact) mass is 545 g/mol.